The summed E-state index contributed by atoms with van der Waals surface area (Å²) < 4.78 is 43.7. The molecule has 3 nitrogen and oxygen atoms in total. The van der Waals surface area contributed by atoms with E-state index in [4.69, 9.17) is 4.42 Å². The fraction of sp³-hybridized carbons (Fsp3) is 0.143. The van der Waals surface area contributed by atoms with Crippen molar-refractivity contribution in [2.45, 2.75) is 13.1 Å². The predicted molar refractivity (Wildman–Crippen MR) is 74.3 cm³/mol. The summed E-state index contributed by atoms with van der Waals surface area (Å²) in [4.78, 5) is 16.1. The van der Waals surface area contributed by atoms with Crippen LogP contribution in [0.25, 0.3) is 22.6 Å². The Morgan fingerprint density at radius 2 is 1.95 bits per heavy atom. The number of aromatic nitrogens is 1. The number of nitrogens with zero attached hydrogens (tertiary/aromatic N) is 1. The van der Waals surface area contributed by atoms with Gasteiger partial charge in [-0.2, -0.15) is 13.2 Å². The molecule has 0 radical (unpaired) electrons. The highest BCUT2D eigenvalue weighted by Gasteiger charge is 2.31. The van der Waals surface area contributed by atoms with E-state index in [0.717, 1.165) is 12.1 Å². The minimum absolute atomic E-state index is 0.0266. The van der Waals surface area contributed by atoms with E-state index in [1.807, 2.05) is 0 Å². The Labute approximate surface area is 124 Å². The molecular weight excluding hydrogens is 351 g/mol. The number of hydrogen-bond acceptors (Lipinski definition) is 3. The molecule has 2 aliphatic rings. The Morgan fingerprint density at radius 3 is 2.62 bits per heavy atom. The fourth-order valence-electron chi connectivity index (χ4n) is 2.01. The molecule has 0 bridgehead atoms. The Bertz CT molecular complexity index is 886. The van der Waals surface area contributed by atoms with Gasteiger partial charge < -0.3 is 4.42 Å². The highest BCUT2D eigenvalue weighted by molar-refractivity contribution is 9.10. The summed E-state index contributed by atoms with van der Waals surface area (Å²) in [5, 5.41) is 0. The first kappa shape index (κ1) is 14.1. The van der Waals surface area contributed by atoms with Crippen molar-refractivity contribution in [3.05, 3.63) is 50.1 Å². The minimum Gasteiger partial charge on any atom is -0.451 e. The van der Waals surface area contributed by atoms with Crippen LogP contribution < -0.4 is 5.43 Å². The second-order valence-electron chi connectivity index (χ2n) is 4.58. The highest BCUT2D eigenvalue weighted by atomic mass is 79.9. The van der Waals surface area contributed by atoms with Crippen molar-refractivity contribution in [3.63, 3.8) is 0 Å². The Morgan fingerprint density at radius 1 is 1.24 bits per heavy atom. The zero-order valence-corrected chi connectivity index (χ0v) is 12.2. The molecule has 0 aromatic heterocycles. The summed E-state index contributed by atoms with van der Waals surface area (Å²) in [6.07, 6.45) is -4.47. The van der Waals surface area contributed by atoms with E-state index in [0.29, 0.717) is 16.8 Å². The van der Waals surface area contributed by atoms with E-state index in [1.54, 1.807) is 13.0 Å². The van der Waals surface area contributed by atoms with Gasteiger partial charge in [0.15, 0.2) is 16.8 Å². The van der Waals surface area contributed by atoms with Crippen molar-refractivity contribution < 1.29 is 17.6 Å². The lowest BCUT2D eigenvalue weighted by atomic mass is 10.1. The predicted octanol–water partition coefficient (Wildman–Crippen LogP) is 4.38. The van der Waals surface area contributed by atoms with Crippen molar-refractivity contribution >= 4 is 27.0 Å². The summed E-state index contributed by atoms with van der Waals surface area (Å²) in [6, 6.07) is 4.61. The lowest BCUT2D eigenvalue weighted by molar-refractivity contribution is -0.137. The third-order valence-corrected chi connectivity index (χ3v) is 3.80. The van der Waals surface area contributed by atoms with Crippen LogP contribution in [0, 0.1) is 6.92 Å². The van der Waals surface area contributed by atoms with Crippen LogP contribution in [0.1, 0.15) is 11.1 Å². The highest BCUT2D eigenvalue weighted by Crippen LogP contribution is 2.34. The Balaban J connectivity index is 2.38. The van der Waals surface area contributed by atoms with Crippen LogP contribution in [-0.4, -0.2) is 4.98 Å². The molecule has 21 heavy (non-hydrogen) atoms. The second kappa shape index (κ2) is 4.56. The summed E-state index contributed by atoms with van der Waals surface area (Å²) in [7, 11) is 0. The monoisotopic (exact) mass is 357 g/mol. The molecular formula is C14H7BrF3NO2. The maximum Gasteiger partial charge on any atom is 0.416 e. The number of rotatable bonds is 0. The average molecular weight is 358 g/mol. The lowest BCUT2D eigenvalue weighted by Crippen LogP contribution is -2.09. The number of fused-ring (bicyclic) bond motifs is 2. The van der Waals surface area contributed by atoms with Crippen LogP contribution in [0.3, 0.4) is 0 Å². The number of benzene rings is 2. The van der Waals surface area contributed by atoms with Gasteiger partial charge in [-0.05, 0) is 52.7 Å². The maximum atomic E-state index is 12.7. The normalized spacial score (nSPS) is 12.2. The molecule has 0 spiro atoms. The molecule has 0 amide bonds. The van der Waals surface area contributed by atoms with Crippen molar-refractivity contribution in [3.8, 4) is 11.5 Å². The largest absolute Gasteiger partial charge is 0.451 e. The standard InChI is InChI=1S/C14H7BrF3NO2/c1-6-4-9-13(11(15)12(6)20)21-10-5-7(14(16,17)18)2-3-8(10)19-9/h2-5H,1H3. The second-order valence-corrected chi connectivity index (χ2v) is 5.37. The molecule has 7 heteroatoms. The number of halogens is 4. The quantitative estimate of drug-likeness (QED) is 0.560. The van der Waals surface area contributed by atoms with Crippen LogP contribution in [0.4, 0.5) is 13.2 Å². The molecule has 0 unspecified atom stereocenters. The van der Waals surface area contributed by atoms with Crippen molar-refractivity contribution in [1.29, 1.82) is 0 Å². The van der Waals surface area contributed by atoms with Crippen LogP contribution in [-0.2, 0) is 6.18 Å². The van der Waals surface area contributed by atoms with Gasteiger partial charge in [-0.25, -0.2) is 4.98 Å². The molecule has 3 rings (SSSR count). The van der Waals surface area contributed by atoms with Crippen LogP contribution in [0.2, 0.25) is 0 Å². The maximum absolute atomic E-state index is 12.7. The van der Waals surface area contributed by atoms with Gasteiger partial charge in [0.05, 0.1) is 5.56 Å². The average Bonchev–Trinajstić information content (AvgIpc) is 2.42. The van der Waals surface area contributed by atoms with Gasteiger partial charge in [-0.3, -0.25) is 4.79 Å². The molecule has 1 heterocycles. The third kappa shape index (κ3) is 2.31. The van der Waals surface area contributed by atoms with Gasteiger partial charge in [0.1, 0.15) is 15.7 Å². The molecule has 1 aliphatic carbocycles. The molecule has 0 N–H and O–H groups in total. The zero-order valence-electron chi connectivity index (χ0n) is 10.6. The molecule has 0 fully saturated rings. The van der Waals surface area contributed by atoms with E-state index >= 15 is 0 Å². The smallest absolute Gasteiger partial charge is 0.416 e. The summed E-state index contributed by atoms with van der Waals surface area (Å²) in [5.74, 6) is 0.137. The molecule has 1 aliphatic heterocycles. The van der Waals surface area contributed by atoms with Crippen molar-refractivity contribution in [2.75, 3.05) is 0 Å². The first-order valence-electron chi connectivity index (χ1n) is 5.88. The van der Waals surface area contributed by atoms with Crippen molar-refractivity contribution in [2.24, 2.45) is 0 Å². The van der Waals surface area contributed by atoms with Crippen LogP contribution >= 0.6 is 15.9 Å². The fourth-order valence-corrected chi connectivity index (χ4v) is 2.61. The molecule has 108 valence electrons. The third-order valence-electron chi connectivity index (χ3n) is 3.08. The SMILES string of the molecule is Cc1cc2nc3ccc(C(F)(F)F)cc3oc-2c(Br)c1=O. The minimum atomic E-state index is -4.47. The van der Waals surface area contributed by atoms with E-state index in [1.165, 1.54) is 6.07 Å². The van der Waals surface area contributed by atoms with E-state index < -0.39 is 11.7 Å². The van der Waals surface area contributed by atoms with E-state index in [2.05, 4.69) is 20.9 Å². The lowest BCUT2D eigenvalue weighted by Gasteiger charge is -2.11. The molecule has 0 atom stereocenters. The van der Waals surface area contributed by atoms with E-state index in [9.17, 15) is 18.0 Å². The van der Waals surface area contributed by atoms with Gasteiger partial charge in [0.2, 0.25) is 0 Å². The zero-order chi connectivity index (χ0) is 15.4. The summed E-state index contributed by atoms with van der Waals surface area (Å²) in [6.45, 7) is 1.63. The van der Waals surface area contributed by atoms with Crippen LogP contribution in [0.15, 0.2) is 37.9 Å². The van der Waals surface area contributed by atoms with Gasteiger partial charge in [0, 0.05) is 0 Å². The molecule has 1 aromatic rings. The summed E-state index contributed by atoms with van der Waals surface area (Å²) >= 11 is 3.11. The van der Waals surface area contributed by atoms with Crippen molar-refractivity contribution in [1.82, 2.24) is 4.98 Å². The Hall–Kier alpha value is -1.89. The van der Waals surface area contributed by atoms with E-state index in [-0.39, 0.29) is 21.2 Å². The molecule has 0 saturated heterocycles. The van der Waals surface area contributed by atoms with Gasteiger partial charge in [0.25, 0.3) is 0 Å². The first-order chi connectivity index (χ1) is 9.77. The number of alkyl halides is 3. The molecule has 0 saturated carbocycles. The van der Waals surface area contributed by atoms with Gasteiger partial charge >= 0.3 is 6.18 Å². The van der Waals surface area contributed by atoms with Gasteiger partial charge in [-0.15, -0.1) is 0 Å². The first-order valence-corrected chi connectivity index (χ1v) is 6.67. The number of hydrogen-bond donors (Lipinski definition) is 0. The van der Waals surface area contributed by atoms with Crippen LogP contribution in [0.5, 0.6) is 0 Å². The number of aryl methyl sites for hydroxylation is 1. The van der Waals surface area contributed by atoms with Gasteiger partial charge in [-0.1, -0.05) is 0 Å². The topological polar surface area (TPSA) is 43.1 Å². The molecule has 1 aromatic carbocycles. The Kier molecular flexibility index (Phi) is 3.05. The summed E-state index contributed by atoms with van der Waals surface area (Å²) in [5.41, 5.74) is 0.0427.